The number of piperidine rings is 1. The van der Waals surface area contributed by atoms with Gasteiger partial charge in [0.15, 0.2) is 0 Å². The van der Waals surface area contributed by atoms with Crippen LogP contribution in [0, 0.1) is 18.7 Å². The summed E-state index contributed by atoms with van der Waals surface area (Å²) in [6, 6.07) is 4.36. The molecule has 1 saturated heterocycles. The smallest absolute Gasteiger partial charge is 0.233 e. The van der Waals surface area contributed by atoms with Gasteiger partial charge < -0.3 is 5.32 Å². The summed E-state index contributed by atoms with van der Waals surface area (Å²) in [4.78, 5) is 0. The lowest BCUT2D eigenvalue weighted by Crippen LogP contribution is -2.35. The van der Waals surface area contributed by atoms with Gasteiger partial charge in [-0.2, -0.15) is 0 Å². The maximum Gasteiger partial charge on any atom is 0.233 e. The fourth-order valence-corrected chi connectivity index (χ4v) is 3.73. The Hall–Kier alpha value is -1.14. The molecule has 1 aliphatic heterocycles. The highest BCUT2D eigenvalue weighted by molar-refractivity contribution is 7.92. The molecule has 1 fully saturated rings. The topological polar surface area (TPSA) is 58.2 Å². The maximum atomic E-state index is 13.4. The zero-order valence-electron chi connectivity index (χ0n) is 10.9. The molecule has 6 heteroatoms. The van der Waals surface area contributed by atoms with Crippen molar-refractivity contribution in [2.45, 2.75) is 19.8 Å². The van der Waals surface area contributed by atoms with Crippen LogP contribution >= 0.6 is 0 Å². The molecule has 1 aromatic carbocycles. The first-order valence-electron chi connectivity index (χ1n) is 6.44. The van der Waals surface area contributed by atoms with E-state index >= 15 is 0 Å². The second-order valence-electron chi connectivity index (χ2n) is 5.06. The Labute approximate surface area is 113 Å². The average molecular weight is 286 g/mol. The molecule has 1 unspecified atom stereocenters. The Balaban J connectivity index is 2.01. The van der Waals surface area contributed by atoms with Crippen molar-refractivity contribution >= 4 is 15.7 Å². The van der Waals surface area contributed by atoms with Gasteiger partial charge in [0.2, 0.25) is 10.0 Å². The minimum atomic E-state index is -3.42. The molecule has 1 aromatic rings. The lowest BCUT2D eigenvalue weighted by atomic mass is 10.0. The second-order valence-corrected chi connectivity index (χ2v) is 6.83. The number of hydrogen-bond acceptors (Lipinski definition) is 3. The largest absolute Gasteiger partial charge is 0.316 e. The van der Waals surface area contributed by atoms with Crippen LogP contribution in [0.15, 0.2) is 18.2 Å². The van der Waals surface area contributed by atoms with Gasteiger partial charge in [-0.1, -0.05) is 6.07 Å². The molecule has 1 heterocycles. The summed E-state index contributed by atoms with van der Waals surface area (Å²) in [7, 11) is -3.42. The van der Waals surface area contributed by atoms with Crippen molar-refractivity contribution in [1.29, 1.82) is 0 Å². The monoisotopic (exact) mass is 286 g/mol. The molecule has 1 atom stereocenters. The Bertz CT molecular complexity index is 540. The lowest BCUT2D eigenvalue weighted by Gasteiger charge is -2.22. The van der Waals surface area contributed by atoms with Crippen LogP contribution in [0.5, 0.6) is 0 Å². The van der Waals surface area contributed by atoms with E-state index in [1.54, 1.807) is 19.1 Å². The van der Waals surface area contributed by atoms with Crippen LogP contribution in [0.25, 0.3) is 0 Å². The molecule has 19 heavy (non-hydrogen) atoms. The number of rotatable bonds is 4. The van der Waals surface area contributed by atoms with Crippen molar-refractivity contribution in [2.24, 2.45) is 5.92 Å². The van der Waals surface area contributed by atoms with Gasteiger partial charge >= 0.3 is 0 Å². The Kier molecular flexibility index (Phi) is 4.42. The van der Waals surface area contributed by atoms with Crippen molar-refractivity contribution in [1.82, 2.24) is 5.32 Å². The molecule has 0 bridgehead atoms. The van der Waals surface area contributed by atoms with E-state index in [4.69, 9.17) is 0 Å². The minimum absolute atomic E-state index is 0.0789. The predicted molar refractivity (Wildman–Crippen MR) is 74.1 cm³/mol. The number of hydrogen-bond donors (Lipinski definition) is 2. The van der Waals surface area contributed by atoms with Gasteiger partial charge in [0.05, 0.1) is 11.4 Å². The van der Waals surface area contributed by atoms with E-state index in [9.17, 15) is 12.8 Å². The summed E-state index contributed by atoms with van der Waals surface area (Å²) >= 11 is 0. The van der Waals surface area contributed by atoms with Crippen molar-refractivity contribution in [3.05, 3.63) is 29.6 Å². The van der Waals surface area contributed by atoms with E-state index < -0.39 is 15.8 Å². The molecule has 106 valence electrons. The predicted octanol–water partition coefficient (Wildman–Crippen LogP) is 1.88. The first-order chi connectivity index (χ1) is 8.96. The van der Waals surface area contributed by atoms with Crippen LogP contribution in [-0.2, 0) is 10.0 Å². The van der Waals surface area contributed by atoms with Crippen molar-refractivity contribution in [3.8, 4) is 0 Å². The zero-order chi connectivity index (χ0) is 13.9. The molecule has 0 saturated carbocycles. The normalized spacial score (nSPS) is 20.2. The molecular weight excluding hydrogens is 267 g/mol. The minimum Gasteiger partial charge on any atom is -0.316 e. The summed E-state index contributed by atoms with van der Waals surface area (Å²) in [5.41, 5.74) is 0.784. The third kappa shape index (κ3) is 4.18. The fraction of sp³-hybridized carbons (Fsp3) is 0.538. The van der Waals surface area contributed by atoms with E-state index in [2.05, 4.69) is 10.0 Å². The molecule has 4 nitrogen and oxygen atoms in total. The molecule has 0 spiro atoms. The SMILES string of the molecule is Cc1ccc(NS(=O)(=O)CC2CCCNC2)cc1F. The van der Waals surface area contributed by atoms with Crippen molar-refractivity contribution < 1.29 is 12.8 Å². The molecule has 0 amide bonds. The van der Waals surface area contributed by atoms with Gasteiger partial charge in [0.25, 0.3) is 0 Å². The van der Waals surface area contributed by atoms with Crippen LogP contribution in [0.4, 0.5) is 10.1 Å². The summed E-state index contributed by atoms with van der Waals surface area (Å²) in [5, 5.41) is 3.19. The van der Waals surface area contributed by atoms with E-state index in [0.717, 1.165) is 25.9 Å². The van der Waals surface area contributed by atoms with Gasteiger partial charge in [-0.25, -0.2) is 12.8 Å². The highest BCUT2D eigenvalue weighted by Crippen LogP contribution is 2.17. The molecule has 1 aliphatic rings. The highest BCUT2D eigenvalue weighted by Gasteiger charge is 2.21. The number of sulfonamides is 1. The number of nitrogens with one attached hydrogen (secondary N) is 2. The van der Waals surface area contributed by atoms with Gasteiger partial charge in [0.1, 0.15) is 5.82 Å². The zero-order valence-corrected chi connectivity index (χ0v) is 11.8. The Morgan fingerprint density at radius 1 is 1.47 bits per heavy atom. The number of anilines is 1. The van der Waals surface area contributed by atoms with E-state index in [1.807, 2.05) is 0 Å². The summed E-state index contributed by atoms with van der Waals surface area (Å²) in [6.45, 7) is 3.32. The second kappa shape index (κ2) is 5.88. The average Bonchev–Trinajstić information content (AvgIpc) is 2.34. The van der Waals surface area contributed by atoms with Crippen LogP contribution in [0.1, 0.15) is 18.4 Å². The van der Waals surface area contributed by atoms with Crippen LogP contribution < -0.4 is 10.0 Å². The summed E-state index contributed by atoms with van der Waals surface area (Å²) < 4.78 is 39.8. The van der Waals surface area contributed by atoms with Gasteiger partial charge in [-0.3, -0.25) is 4.72 Å². The first-order valence-corrected chi connectivity index (χ1v) is 8.09. The Morgan fingerprint density at radius 2 is 2.26 bits per heavy atom. The van der Waals surface area contributed by atoms with Crippen molar-refractivity contribution in [3.63, 3.8) is 0 Å². The quantitative estimate of drug-likeness (QED) is 0.888. The van der Waals surface area contributed by atoms with Crippen LogP contribution in [0.2, 0.25) is 0 Å². The molecule has 0 aromatic heterocycles. The molecule has 0 aliphatic carbocycles. The third-order valence-corrected chi connectivity index (χ3v) is 4.76. The molecule has 0 radical (unpaired) electrons. The standard InChI is InChI=1S/C13H19FN2O2S/c1-10-4-5-12(7-13(10)14)16-19(17,18)9-11-3-2-6-15-8-11/h4-5,7,11,15-16H,2-3,6,8-9H2,1H3. The number of benzene rings is 1. The maximum absolute atomic E-state index is 13.4. The lowest BCUT2D eigenvalue weighted by molar-refractivity contribution is 0.404. The van der Waals surface area contributed by atoms with E-state index in [1.165, 1.54) is 6.07 Å². The number of aryl methyl sites for hydroxylation is 1. The van der Waals surface area contributed by atoms with Crippen LogP contribution in [-0.4, -0.2) is 27.3 Å². The third-order valence-electron chi connectivity index (χ3n) is 3.30. The molecule has 2 N–H and O–H groups in total. The summed E-state index contributed by atoms with van der Waals surface area (Å²) in [5.74, 6) is -0.198. The van der Waals surface area contributed by atoms with Gasteiger partial charge in [-0.15, -0.1) is 0 Å². The fourth-order valence-electron chi connectivity index (χ4n) is 2.25. The molecule has 2 rings (SSSR count). The first kappa shape index (κ1) is 14.3. The van der Waals surface area contributed by atoms with Gasteiger partial charge in [0, 0.05) is 0 Å². The van der Waals surface area contributed by atoms with Crippen molar-refractivity contribution in [2.75, 3.05) is 23.6 Å². The van der Waals surface area contributed by atoms with Crippen LogP contribution in [0.3, 0.4) is 0 Å². The summed E-state index contributed by atoms with van der Waals surface area (Å²) in [6.07, 6.45) is 1.91. The molecular formula is C13H19FN2O2S. The Morgan fingerprint density at radius 3 is 2.89 bits per heavy atom. The highest BCUT2D eigenvalue weighted by atomic mass is 32.2. The van der Waals surface area contributed by atoms with Gasteiger partial charge in [-0.05, 0) is 56.5 Å². The number of halogens is 1. The van der Waals surface area contributed by atoms with E-state index in [-0.39, 0.29) is 17.4 Å². The van der Waals surface area contributed by atoms with E-state index in [0.29, 0.717) is 5.56 Å².